The van der Waals surface area contributed by atoms with Crippen LogP contribution >= 0.6 is 15.9 Å². The van der Waals surface area contributed by atoms with E-state index in [0.717, 1.165) is 23.0 Å². The standard InChI is InChI=1S/C17H18BrN3O3/c1-11-14(10-21(19-11)13-7-5-12(18)6-8-13)16(22)20-9-3-2-4-15(20)17(23)24/h5-8,10,15H,2-4,9H2,1H3,(H,23,24). The smallest absolute Gasteiger partial charge is 0.326 e. The maximum Gasteiger partial charge on any atom is 0.326 e. The lowest BCUT2D eigenvalue weighted by Crippen LogP contribution is -2.48. The number of aryl methyl sites for hydroxylation is 1. The number of rotatable bonds is 3. The lowest BCUT2D eigenvalue weighted by Gasteiger charge is -2.32. The number of benzene rings is 1. The van der Waals surface area contributed by atoms with Crippen LogP contribution in [0, 0.1) is 6.92 Å². The Morgan fingerprint density at radius 2 is 1.96 bits per heavy atom. The van der Waals surface area contributed by atoms with Crippen LogP contribution in [0.4, 0.5) is 0 Å². The molecular formula is C17H18BrN3O3. The molecule has 1 aliphatic heterocycles. The fraction of sp³-hybridized carbons (Fsp3) is 0.353. The summed E-state index contributed by atoms with van der Waals surface area (Å²) in [6.45, 7) is 2.24. The van der Waals surface area contributed by atoms with Crippen LogP contribution in [0.5, 0.6) is 0 Å². The second kappa shape index (κ2) is 6.76. The third-order valence-corrected chi connectivity index (χ3v) is 4.80. The molecule has 6 nitrogen and oxygen atoms in total. The Labute approximate surface area is 148 Å². The molecule has 126 valence electrons. The molecule has 24 heavy (non-hydrogen) atoms. The van der Waals surface area contributed by atoms with E-state index in [1.807, 2.05) is 24.3 Å². The molecule has 3 rings (SSSR count). The first-order valence-electron chi connectivity index (χ1n) is 7.83. The molecule has 0 saturated carbocycles. The topological polar surface area (TPSA) is 75.4 Å². The van der Waals surface area contributed by atoms with E-state index in [1.165, 1.54) is 4.90 Å². The van der Waals surface area contributed by atoms with Crippen molar-refractivity contribution in [1.82, 2.24) is 14.7 Å². The van der Waals surface area contributed by atoms with Crippen LogP contribution < -0.4 is 0 Å². The molecule has 1 amide bonds. The van der Waals surface area contributed by atoms with Gasteiger partial charge in [-0.05, 0) is 50.5 Å². The molecule has 2 heterocycles. The van der Waals surface area contributed by atoms with Gasteiger partial charge < -0.3 is 10.0 Å². The second-order valence-electron chi connectivity index (χ2n) is 5.90. The highest BCUT2D eigenvalue weighted by Gasteiger charge is 2.33. The maximum atomic E-state index is 12.8. The first kappa shape index (κ1) is 16.7. The van der Waals surface area contributed by atoms with Gasteiger partial charge in [0.05, 0.1) is 16.9 Å². The maximum absolute atomic E-state index is 12.8. The van der Waals surface area contributed by atoms with Gasteiger partial charge in [-0.2, -0.15) is 5.10 Å². The zero-order chi connectivity index (χ0) is 17.3. The molecule has 1 aromatic carbocycles. The third-order valence-electron chi connectivity index (χ3n) is 4.27. The van der Waals surface area contributed by atoms with Gasteiger partial charge in [0, 0.05) is 17.2 Å². The van der Waals surface area contributed by atoms with Crippen LogP contribution in [-0.2, 0) is 4.79 Å². The van der Waals surface area contributed by atoms with Crippen LogP contribution in [0.15, 0.2) is 34.9 Å². The fourth-order valence-corrected chi connectivity index (χ4v) is 3.25. The monoisotopic (exact) mass is 391 g/mol. The van der Waals surface area contributed by atoms with Crippen molar-refractivity contribution in [3.63, 3.8) is 0 Å². The van der Waals surface area contributed by atoms with Gasteiger partial charge in [-0.1, -0.05) is 15.9 Å². The van der Waals surface area contributed by atoms with Gasteiger partial charge in [-0.15, -0.1) is 0 Å². The van der Waals surface area contributed by atoms with Crippen molar-refractivity contribution in [2.45, 2.75) is 32.2 Å². The summed E-state index contributed by atoms with van der Waals surface area (Å²) in [6, 6.07) is 6.84. The van der Waals surface area contributed by atoms with Crippen LogP contribution in [0.25, 0.3) is 5.69 Å². The molecule has 1 atom stereocenters. The fourth-order valence-electron chi connectivity index (χ4n) is 2.98. The van der Waals surface area contributed by atoms with Crippen LogP contribution in [0.2, 0.25) is 0 Å². The number of nitrogens with zero attached hydrogens (tertiary/aromatic N) is 3. The average Bonchev–Trinajstić information content (AvgIpc) is 2.96. The van der Waals surface area contributed by atoms with E-state index < -0.39 is 12.0 Å². The predicted molar refractivity (Wildman–Crippen MR) is 92.3 cm³/mol. The number of aromatic nitrogens is 2. The molecule has 1 N–H and O–H groups in total. The van der Waals surface area contributed by atoms with Crippen molar-refractivity contribution in [3.05, 3.63) is 46.2 Å². The Hall–Kier alpha value is -2.15. The molecule has 0 aliphatic carbocycles. The highest BCUT2D eigenvalue weighted by Crippen LogP contribution is 2.22. The average molecular weight is 392 g/mol. The molecule has 1 aromatic heterocycles. The highest BCUT2D eigenvalue weighted by atomic mass is 79.9. The summed E-state index contributed by atoms with van der Waals surface area (Å²) in [4.78, 5) is 25.7. The Morgan fingerprint density at radius 3 is 2.62 bits per heavy atom. The van der Waals surface area contributed by atoms with Gasteiger partial charge in [0.15, 0.2) is 0 Å². The van der Waals surface area contributed by atoms with Crippen molar-refractivity contribution < 1.29 is 14.7 Å². The predicted octanol–water partition coefficient (Wildman–Crippen LogP) is 3.02. The molecule has 2 aromatic rings. The number of aliphatic carboxylic acids is 1. The van der Waals surface area contributed by atoms with Gasteiger partial charge in [-0.25, -0.2) is 9.48 Å². The number of carbonyl (C=O) groups excluding carboxylic acids is 1. The first-order valence-corrected chi connectivity index (χ1v) is 8.62. The zero-order valence-corrected chi connectivity index (χ0v) is 14.9. The van der Waals surface area contributed by atoms with Gasteiger partial charge >= 0.3 is 5.97 Å². The summed E-state index contributed by atoms with van der Waals surface area (Å²) in [5, 5.41) is 13.8. The van der Waals surface area contributed by atoms with Crippen molar-refractivity contribution in [2.24, 2.45) is 0 Å². The van der Waals surface area contributed by atoms with E-state index in [-0.39, 0.29) is 5.91 Å². The van der Waals surface area contributed by atoms with Crippen LogP contribution in [0.1, 0.15) is 35.3 Å². The molecule has 0 spiro atoms. The Morgan fingerprint density at radius 1 is 1.25 bits per heavy atom. The lowest BCUT2D eigenvalue weighted by molar-refractivity contribution is -0.143. The van der Waals surface area contributed by atoms with Crippen molar-refractivity contribution in [1.29, 1.82) is 0 Å². The number of likely N-dealkylation sites (tertiary alicyclic amines) is 1. The number of halogens is 1. The Kier molecular flexibility index (Phi) is 4.71. The van der Waals surface area contributed by atoms with Gasteiger partial charge in [0.25, 0.3) is 5.91 Å². The molecule has 7 heteroatoms. The molecule has 1 fully saturated rings. The summed E-state index contributed by atoms with van der Waals surface area (Å²) in [6.07, 6.45) is 3.84. The Bertz CT molecular complexity index is 770. The molecule has 1 saturated heterocycles. The second-order valence-corrected chi connectivity index (χ2v) is 6.81. The number of amides is 1. The molecule has 0 bridgehead atoms. The number of hydrogen-bond donors (Lipinski definition) is 1. The van der Waals surface area contributed by atoms with Gasteiger partial charge in [0.1, 0.15) is 6.04 Å². The van der Waals surface area contributed by atoms with Gasteiger partial charge in [-0.3, -0.25) is 4.79 Å². The molecule has 1 unspecified atom stereocenters. The number of carboxylic acid groups (broad SMARTS) is 1. The summed E-state index contributed by atoms with van der Waals surface area (Å²) in [7, 11) is 0. The van der Waals surface area contributed by atoms with E-state index in [0.29, 0.717) is 24.2 Å². The largest absolute Gasteiger partial charge is 0.480 e. The minimum Gasteiger partial charge on any atom is -0.480 e. The summed E-state index contributed by atoms with van der Waals surface area (Å²) < 4.78 is 2.61. The minimum atomic E-state index is -0.944. The Balaban J connectivity index is 1.90. The van der Waals surface area contributed by atoms with E-state index in [9.17, 15) is 14.7 Å². The number of hydrogen-bond acceptors (Lipinski definition) is 3. The molecule has 1 aliphatic rings. The summed E-state index contributed by atoms with van der Waals surface area (Å²) >= 11 is 3.39. The van der Waals surface area contributed by atoms with Gasteiger partial charge in [0.2, 0.25) is 0 Å². The SMILES string of the molecule is Cc1nn(-c2ccc(Br)cc2)cc1C(=O)N1CCCCC1C(=O)O. The summed E-state index contributed by atoms with van der Waals surface area (Å²) in [5.74, 6) is -1.20. The minimum absolute atomic E-state index is 0.261. The van der Waals surface area contributed by atoms with Crippen LogP contribution in [-0.4, -0.2) is 44.3 Å². The van der Waals surface area contributed by atoms with Crippen molar-refractivity contribution in [3.8, 4) is 5.69 Å². The highest BCUT2D eigenvalue weighted by molar-refractivity contribution is 9.10. The van der Waals surface area contributed by atoms with Crippen LogP contribution in [0.3, 0.4) is 0 Å². The zero-order valence-electron chi connectivity index (χ0n) is 13.3. The van der Waals surface area contributed by atoms with E-state index >= 15 is 0 Å². The number of carbonyl (C=O) groups is 2. The van der Waals surface area contributed by atoms with Crippen molar-refractivity contribution in [2.75, 3.05) is 6.54 Å². The molecule has 0 radical (unpaired) electrons. The third kappa shape index (κ3) is 3.21. The first-order chi connectivity index (χ1) is 11.5. The summed E-state index contributed by atoms with van der Waals surface area (Å²) in [5.41, 5.74) is 1.89. The number of piperidine rings is 1. The van der Waals surface area contributed by atoms with Crippen molar-refractivity contribution >= 4 is 27.8 Å². The van der Waals surface area contributed by atoms with E-state index in [4.69, 9.17) is 0 Å². The molecular weight excluding hydrogens is 374 g/mol. The lowest BCUT2D eigenvalue weighted by atomic mass is 10.0. The number of carboxylic acids is 1. The normalized spacial score (nSPS) is 17.8. The quantitative estimate of drug-likeness (QED) is 0.872. The van der Waals surface area contributed by atoms with E-state index in [1.54, 1.807) is 17.8 Å². The van der Waals surface area contributed by atoms with E-state index in [2.05, 4.69) is 21.0 Å².